The summed E-state index contributed by atoms with van der Waals surface area (Å²) in [6.07, 6.45) is 3.02. The van der Waals surface area contributed by atoms with Gasteiger partial charge in [0.2, 0.25) is 0 Å². The van der Waals surface area contributed by atoms with Gasteiger partial charge in [0.05, 0.1) is 17.7 Å². The van der Waals surface area contributed by atoms with Crippen molar-refractivity contribution in [3.8, 4) is 0 Å². The largest absolute Gasteiger partial charge is 0.383 e. The van der Waals surface area contributed by atoms with E-state index >= 15 is 0 Å². The molecule has 5 nitrogen and oxygen atoms in total. The summed E-state index contributed by atoms with van der Waals surface area (Å²) in [5, 5.41) is 0.340. The van der Waals surface area contributed by atoms with Crippen LogP contribution in [0.2, 0.25) is 0 Å². The molecular weight excluding hydrogens is 400 g/mol. The fraction of sp³-hybridized carbons (Fsp3) is 0.375. The first kappa shape index (κ1) is 21.5. The molecule has 7 heteroatoms. The van der Waals surface area contributed by atoms with Crippen LogP contribution in [0.25, 0.3) is 10.9 Å². The minimum absolute atomic E-state index is 0.0373. The number of fused-ring (bicyclic) bond motifs is 1. The molecule has 164 valence electrons. The van der Waals surface area contributed by atoms with Gasteiger partial charge in [-0.3, -0.25) is 4.79 Å². The zero-order valence-electron chi connectivity index (χ0n) is 17.6. The Morgan fingerprint density at radius 3 is 2.65 bits per heavy atom. The van der Waals surface area contributed by atoms with Gasteiger partial charge in [-0.2, -0.15) is 0 Å². The molecular formula is C24H27F2N3O2. The minimum Gasteiger partial charge on any atom is -0.383 e. The number of methoxy groups -OCH3 is 1. The van der Waals surface area contributed by atoms with Crippen LogP contribution in [-0.2, 0) is 17.8 Å². The second kappa shape index (κ2) is 9.16. The number of benzene rings is 2. The molecule has 31 heavy (non-hydrogen) atoms. The fourth-order valence-electron chi connectivity index (χ4n) is 4.44. The van der Waals surface area contributed by atoms with Crippen molar-refractivity contribution in [2.45, 2.75) is 31.8 Å². The van der Waals surface area contributed by atoms with Crippen LogP contribution >= 0.6 is 0 Å². The van der Waals surface area contributed by atoms with Gasteiger partial charge in [0.15, 0.2) is 0 Å². The van der Waals surface area contributed by atoms with E-state index < -0.39 is 5.82 Å². The third kappa shape index (κ3) is 4.20. The Balaban J connectivity index is 1.55. The highest BCUT2D eigenvalue weighted by atomic mass is 19.1. The molecule has 1 amide bonds. The molecule has 0 unspecified atom stereocenters. The predicted molar refractivity (Wildman–Crippen MR) is 116 cm³/mol. The number of halogens is 2. The highest BCUT2D eigenvalue weighted by Gasteiger charge is 2.28. The number of nitrogens with zero attached hydrogens (tertiary/aromatic N) is 2. The topological polar surface area (TPSA) is 60.5 Å². The molecule has 0 atom stereocenters. The zero-order chi connectivity index (χ0) is 22.0. The molecule has 0 radical (unpaired) electrons. The quantitative estimate of drug-likeness (QED) is 0.646. The smallest absolute Gasteiger partial charge is 0.256 e. The summed E-state index contributed by atoms with van der Waals surface area (Å²) in [6, 6.07) is 9.82. The van der Waals surface area contributed by atoms with Crippen LogP contribution < -0.4 is 5.73 Å². The maximum Gasteiger partial charge on any atom is 0.256 e. The van der Waals surface area contributed by atoms with Crippen LogP contribution in [0.5, 0.6) is 0 Å². The maximum atomic E-state index is 14.6. The normalized spacial score (nSPS) is 15.0. The third-order valence-corrected chi connectivity index (χ3v) is 6.14. The van der Waals surface area contributed by atoms with Gasteiger partial charge >= 0.3 is 0 Å². The number of amides is 1. The van der Waals surface area contributed by atoms with E-state index in [-0.39, 0.29) is 17.6 Å². The average molecular weight is 427 g/mol. The van der Waals surface area contributed by atoms with Gasteiger partial charge in [-0.15, -0.1) is 0 Å². The number of hydrogen-bond acceptors (Lipinski definition) is 3. The number of aromatic nitrogens is 1. The molecule has 4 rings (SSSR count). The third-order valence-electron chi connectivity index (χ3n) is 6.14. The summed E-state index contributed by atoms with van der Waals surface area (Å²) in [4.78, 5) is 15.0. The van der Waals surface area contributed by atoms with Crippen molar-refractivity contribution in [1.29, 1.82) is 0 Å². The second-order valence-electron chi connectivity index (χ2n) is 7.99. The van der Waals surface area contributed by atoms with Crippen molar-refractivity contribution < 1.29 is 18.3 Å². The summed E-state index contributed by atoms with van der Waals surface area (Å²) in [5.41, 5.74) is 8.30. The van der Waals surface area contributed by atoms with E-state index in [1.54, 1.807) is 30.3 Å². The van der Waals surface area contributed by atoms with Crippen LogP contribution in [0.15, 0.2) is 42.6 Å². The Morgan fingerprint density at radius 2 is 1.94 bits per heavy atom. The van der Waals surface area contributed by atoms with Gasteiger partial charge in [-0.1, -0.05) is 18.2 Å². The number of carbonyl (C=O) groups is 1. The van der Waals surface area contributed by atoms with E-state index in [0.717, 1.165) is 5.56 Å². The SMILES string of the molecule is COCCn1cc(C(=O)N2CCC(c3cc(CN)ccc3F)CC2)c2c(F)cccc21. The summed E-state index contributed by atoms with van der Waals surface area (Å²) in [7, 11) is 1.61. The highest BCUT2D eigenvalue weighted by Crippen LogP contribution is 2.32. The monoisotopic (exact) mass is 427 g/mol. The molecule has 2 heterocycles. The summed E-state index contributed by atoms with van der Waals surface area (Å²) < 4.78 is 36.0. The van der Waals surface area contributed by atoms with Crippen LogP contribution in [0.1, 0.15) is 40.2 Å². The molecule has 0 aliphatic carbocycles. The highest BCUT2D eigenvalue weighted by molar-refractivity contribution is 6.07. The number of piperidine rings is 1. The van der Waals surface area contributed by atoms with Gasteiger partial charge < -0.3 is 19.9 Å². The molecule has 2 aromatic carbocycles. The Bertz CT molecular complexity index is 1090. The maximum absolute atomic E-state index is 14.6. The fourth-order valence-corrected chi connectivity index (χ4v) is 4.44. The van der Waals surface area contributed by atoms with Crippen molar-refractivity contribution >= 4 is 16.8 Å². The van der Waals surface area contributed by atoms with Gasteiger partial charge in [0, 0.05) is 44.9 Å². The summed E-state index contributed by atoms with van der Waals surface area (Å²) in [5.74, 6) is -0.797. The van der Waals surface area contributed by atoms with E-state index in [0.29, 0.717) is 67.7 Å². The van der Waals surface area contributed by atoms with E-state index in [9.17, 15) is 13.6 Å². The van der Waals surface area contributed by atoms with Crippen LogP contribution in [0.4, 0.5) is 8.78 Å². The molecule has 0 spiro atoms. The van der Waals surface area contributed by atoms with Gasteiger partial charge in [0.25, 0.3) is 5.91 Å². The standard InChI is InChI=1S/C24H27F2N3O2/c1-31-12-11-29-15-19(23-21(26)3-2-4-22(23)29)24(30)28-9-7-17(8-10-28)18-13-16(14-27)5-6-20(18)25/h2-6,13,15,17H,7-12,14,27H2,1H3. The molecule has 1 aromatic heterocycles. The first-order chi connectivity index (χ1) is 15.0. The zero-order valence-corrected chi connectivity index (χ0v) is 17.6. The number of hydrogen-bond donors (Lipinski definition) is 1. The minimum atomic E-state index is -0.410. The number of carbonyl (C=O) groups excluding carboxylic acids is 1. The molecule has 1 fully saturated rings. The van der Waals surface area contributed by atoms with Gasteiger partial charge in [-0.05, 0) is 48.1 Å². The van der Waals surface area contributed by atoms with Crippen LogP contribution in [0, 0.1) is 11.6 Å². The lowest BCUT2D eigenvalue weighted by atomic mass is 9.88. The second-order valence-corrected chi connectivity index (χ2v) is 7.99. The Kier molecular flexibility index (Phi) is 6.34. The lowest BCUT2D eigenvalue weighted by molar-refractivity contribution is 0.0713. The number of nitrogens with two attached hydrogens (primary N) is 1. The van der Waals surface area contributed by atoms with Crippen molar-refractivity contribution in [3.63, 3.8) is 0 Å². The van der Waals surface area contributed by atoms with E-state index in [1.165, 1.54) is 12.1 Å². The summed E-state index contributed by atoms with van der Waals surface area (Å²) >= 11 is 0. The lowest BCUT2D eigenvalue weighted by Gasteiger charge is -2.32. The number of likely N-dealkylation sites (tertiary alicyclic amines) is 1. The predicted octanol–water partition coefficient (Wildman–Crippen LogP) is 4.04. The van der Waals surface area contributed by atoms with E-state index in [4.69, 9.17) is 10.5 Å². The average Bonchev–Trinajstić information content (AvgIpc) is 3.17. The Morgan fingerprint density at radius 1 is 1.16 bits per heavy atom. The van der Waals surface area contributed by atoms with Crippen molar-refractivity contribution in [2.75, 3.05) is 26.8 Å². The molecule has 2 N–H and O–H groups in total. The van der Waals surface area contributed by atoms with E-state index in [2.05, 4.69) is 0 Å². The first-order valence-corrected chi connectivity index (χ1v) is 10.6. The van der Waals surface area contributed by atoms with E-state index in [1.807, 2.05) is 16.7 Å². The molecule has 1 aliphatic rings. The Labute approximate surface area is 180 Å². The lowest BCUT2D eigenvalue weighted by Crippen LogP contribution is -2.38. The first-order valence-electron chi connectivity index (χ1n) is 10.6. The van der Waals surface area contributed by atoms with Crippen molar-refractivity contribution in [3.05, 3.63) is 70.9 Å². The summed E-state index contributed by atoms with van der Waals surface area (Å²) in [6.45, 7) is 2.35. The molecule has 0 saturated carbocycles. The molecule has 1 saturated heterocycles. The van der Waals surface area contributed by atoms with Crippen molar-refractivity contribution in [2.24, 2.45) is 5.73 Å². The Hall–Kier alpha value is -2.77. The van der Waals surface area contributed by atoms with Crippen LogP contribution in [-0.4, -0.2) is 42.2 Å². The molecule has 3 aromatic rings. The molecule has 1 aliphatic heterocycles. The van der Waals surface area contributed by atoms with Gasteiger partial charge in [0.1, 0.15) is 11.6 Å². The van der Waals surface area contributed by atoms with Crippen molar-refractivity contribution in [1.82, 2.24) is 9.47 Å². The number of ether oxygens (including phenoxy) is 1. The number of rotatable bonds is 6. The molecule has 0 bridgehead atoms. The van der Waals surface area contributed by atoms with Crippen LogP contribution in [0.3, 0.4) is 0 Å². The van der Waals surface area contributed by atoms with Gasteiger partial charge in [-0.25, -0.2) is 8.78 Å².